The maximum absolute atomic E-state index is 12.9. The van der Waals surface area contributed by atoms with Gasteiger partial charge in [-0.25, -0.2) is 0 Å². The normalized spacial score (nSPS) is 46.9. The van der Waals surface area contributed by atoms with Crippen LogP contribution in [-0.4, -0.2) is 29.9 Å². The fraction of sp³-hybridized carbons (Fsp3) is 0.889. The highest BCUT2D eigenvalue weighted by molar-refractivity contribution is 5.76. The standard InChI is InChI=1S/C36H58O5/c1-22(2)23-13-18-36(29(37)38)20-19-34(9)24(28(23)36)11-12-26-33(8)16-15-27(40-21-41-30(39)31(3,4)5)32(6,7)25(33)14-17-35(26,34)10/h23-28H,1,11-21H2,2-10H3,(H,37,38)/t23?,24?,25?,26?,27-,28?,33-,34+,35+,36-/m0/s1. The van der Waals surface area contributed by atoms with Gasteiger partial charge in [-0.3, -0.25) is 9.59 Å². The molecule has 10 atom stereocenters. The van der Waals surface area contributed by atoms with Crippen LogP contribution in [0.2, 0.25) is 0 Å². The topological polar surface area (TPSA) is 72.8 Å². The highest BCUT2D eigenvalue weighted by atomic mass is 16.7. The van der Waals surface area contributed by atoms with Crippen molar-refractivity contribution in [2.24, 2.45) is 62.1 Å². The molecule has 0 amide bonds. The number of esters is 1. The molecule has 0 aromatic heterocycles. The van der Waals surface area contributed by atoms with E-state index in [1.54, 1.807) is 0 Å². The van der Waals surface area contributed by atoms with Crippen molar-refractivity contribution in [1.82, 2.24) is 0 Å². The molecule has 0 bridgehead atoms. The quantitative estimate of drug-likeness (QED) is 0.203. The van der Waals surface area contributed by atoms with E-state index in [1.165, 1.54) is 24.8 Å². The Morgan fingerprint density at radius 3 is 2.15 bits per heavy atom. The molecule has 0 heterocycles. The van der Waals surface area contributed by atoms with Gasteiger partial charge in [0.1, 0.15) is 0 Å². The highest BCUT2D eigenvalue weighted by Gasteiger charge is 2.72. The fourth-order valence-corrected chi connectivity index (χ4v) is 12.2. The first-order valence-electron chi connectivity index (χ1n) is 16.5. The molecule has 5 unspecified atom stereocenters. The van der Waals surface area contributed by atoms with Gasteiger partial charge in [-0.1, -0.05) is 46.8 Å². The molecule has 5 saturated carbocycles. The minimum atomic E-state index is -0.564. The van der Waals surface area contributed by atoms with Crippen molar-refractivity contribution in [2.75, 3.05) is 6.79 Å². The summed E-state index contributed by atoms with van der Waals surface area (Å²) in [6.07, 6.45) is 10.6. The minimum Gasteiger partial charge on any atom is -0.481 e. The molecule has 41 heavy (non-hydrogen) atoms. The summed E-state index contributed by atoms with van der Waals surface area (Å²) in [5.74, 6) is 1.40. The van der Waals surface area contributed by atoms with E-state index in [0.29, 0.717) is 23.7 Å². The highest BCUT2D eigenvalue weighted by Crippen LogP contribution is 2.77. The number of aliphatic carboxylic acids is 1. The van der Waals surface area contributed by atoms with E-state index in [9.17, 15) is 14.7 Å². The molecule has 5 aliphatic rings. The first kappa shape index (κ1) is 31.1. The van der Waals surface area contributed by atoms with E-state index in [2.05, 4.69) is 48.1 Å². The Morgan fingerprint density at radius 2 is 1.54 bits per heavy atom. The van der Waals surface area contributed by atoms with Gasteiger partial charge in [-0.2, -0.15) is 0 Å². The molecule has 0 aromatic carbocycles. The van der Waals surface area contributed by atoms with Crippen molar-refractivity contribution in [1.29, 1.82) is 0 Å². The molecule has 1 N–H and O–H groups in total. The zero-order chi connectivity index (χ0) is 30.4. The number of allylic oxidation sites excluding steroid dienone is 1. The average Bonchev–Trinajstić information content (AvgIpc) is 3.26. The molecule has 232 valence electrons. The van der Waals surface area contributed by atoms with Crippen molar-refractivity contribution in [3.8, 4) is 0 Å². The monoisotopic (exact) mass is 570 g/mol. The second-order valence-corrected chi connectivity index (χ2v) is 17.5. The van der Waals surface area contributed by atoms with E-state index >= 15 is 0 Å². The van der Waals surface area contributed by atoms with Crippen LogP contribution in [0.1, 0.15) is 127 Å². The maximum atomic E-state index is 12.9. The van der Waals surface area contributed by atoms with E-state index < -0.39 is 16.8 Å². The summed E-state index contributed by atoms with van der Waals surface area (Å²) in [5.41, 5.74) is 0.646. The third kappa shape index (κ3) is 4.32. The summed E-state index contributed by atoms with van der Waals surface area (Å²) in [7, 11) is 0. The predicted molar refractivity (Wildman–Crippen MR) is 162 cm³/mol. The van der Waals surface area contributed by atoms with Gasteiger partial charge in [0.25, 0.3) is 0 Å². The van der Waals surface area contributed by atoms with E-state index in [0.717, 1.165) is 44.9 Å². The second-order valence-electron chi connectivity index (χ2n) is 17.5. The number of hydrogen-bond acceptors (Lipinski definition) is 4. The first-order valence-corrected chi connectivity index (χ1v) is 16.5. The smallest absolute Gasteiger partial charge is 0.313 e. The van der Waals surface area contributed by atoms with E-state index in [1.807, 2.05) is 20.8 Å². The number of rotatable bonds is 5. The maximum Gasteiger partial charge on any atom is 0.313 e. The summed E-state index contributed by atoms with van der Waals surface area (Å²) in [6.45, 7) is 24.7. The van der Waals surface area contributed by atoms with Crippen LogP contribution >= 0.6 is 0 Å². The van der Waals surface area contributed by atoms with Gasteiger partial charge in [0.2, 0.25) is 0 Å². The minimum absolute atomic E-state index is 0.0122. The van der Waals surface area contributed by atoms with Gasteiger partial charge >= 0.3 is 11.9 Å². The van der Waals surface area contributed by atoms with Crippen molar-refractivity contribution >= 4 is 11.9 Å². The average molecular weight is 571 g/mol. The van der Waals surface area contributed by atoms with Crippen molar-refractivity contribution < 1.29 is 24.2 Å². The molecule has 5 aliphatic carbocycles. The van der Waals surface area contributed by atoms with Crippen LogP contribution in [0, 0.1) is 62.1 Å². The lowest BCUT2D eigenvalue weighted by atomic mass is 9.32. The molecule has 5 rings (SSSR count). The lowest BCUT2D eigenvalue weighted by Crippen LogP contribution is -2.67. The number of fused-ring (bicyclic) bond motifs is 7. The number of hydrogen-bond donors (Lipinski definition) is 1. The Bertz CT molecular complexity index is 1090. The summed E-state index contributed by atoms with van der Waals surface area (Å²) < 4.78 is 11.8. The Hall–Kier alpha value is -1.36. The number of carboxylic acids is 1. The molecular formula is C36H58O5. The van der Waals surface area contributed by atoms with Crippen LogP contribution < -0.4 is 0 Å². The van der Waals surface area contributed by atoms with Gasteiger partial charge in [0.15, 0.2) is 6.79 Å². The second kappa shape index (κ2) is 9.83. The number of ether oxygens (including phenoxy) is 2. The molecule has 0 saturated heterocycles. The largest absolute Gasteiger partial charge is 0.481 e. The van der Waals surface area contributed by atoms with E-state index in [4.69, 9.17) is 9.47 Å². The van der Waals surface area contributed by atoms with Crippen LogP contribution in [0.3, 0.4) is 0 Å². The number of carbonyl (C=O) groups is 2. The summed E-state index contributed by atoms with van der Waals surface area (Å²) in [5, 5.41) is 10.6. The van der Waals surface area contributed by atoms with Crippen LogP contribution in [0.5, 0.6) is 0 Å². The van der Waals surface area contributed by atoms with Crippen LogP contribution in [0.4, 0.5) is 0 Å². The van der Waals surface area contributed by atoms with Crippen LogP contribution in [-0.2, 0) is 19.1 Å². The molecule has 5 heteroatoms. The van der Waals surface area contributed by atoms with Crippen LogP contribution in [0.25, 0.3) is 0 Å². The third-order valence-electron chi connectivity index (χ3n) is 14.5. The molecule has 5 fully saturated rings. The Labute approximate surface area is 249 Å². The van der Waals surface area contributed by atoms with Gasteiger partial charge in [-0.05, 0) is 143 Å². The van der Waals surface area contributed by atoms with Crippen molar-refractivity contribution in [3.05, 3.63) is 12.2 Å². The Morgan fingerprint density at radius 1 is 0.854 bits per heavy atom. The molecule has 0 spiro atoms. The summed E-state index contributed by atoms with van der Waals surface area (Å²) in [6, 6.07) is 0. The predicted octanol–water partition coefficient (Wildman–Crippen LogP) is 8.66. The lowest BCUT2D eigenvalue weighted by Gasteiger charge is -2.72. The zero-order valence-electron chi connectivity index (χ0n) is 27.5. The van der Waals surface area contributed by atoms with Gasteiger partial charge < -0.3 is 14.6 Å². The fourth-order valence-electron chi connectivity index (χ4n) is 12.2. The van der Waals surface area contributed by atoms with Gasteiger partial charge in [0.05, 0.1) is 16.9 Å². The molecule has 0 aromatic rings. The summed E-state index contributed by atoms with van der Waals surface area (Å²) >= 11 is 0. The number of carboxylic acid groups (broad SMARTS) is 1. The van der Waals surface area contributed by atoms with Crippen molar-refractivity contribution in [3.63, 3.8) is 0 Å². The number of carbonyl (C=O) groups excluding carboxylic acids is 1. The van der Waals surface area contributed by atoms with Gasteiger partial charge in [0, 0.05) is 0 Å². The van der Waals surface area contributed by atoms with Crippen LogP contribution in [0.15, 0.2) is 12.2 Å². The Kier molecular flexibility index (Phi) is 7.45. The van der Waals surface area contributed by atoms with Crippen molar-refractivity contribution in [2.45, 2.75) is 133 Å². The first-order chi connectivity index (χ1) is 18.9. The Balaban J connectivity index is 1.40. The summed E-state index contributed by atoms with van der Waals surface area (Å²) in [4.78, 5) is 25.2. The molecule has 0 aliphatic heterocycles. The third-order valence-corrected chi connectivity index (χ3v) is 14.5. The SMILES string of the molecule is C=C(C)C1CC[C@]2(C(=O)O)CC[C@]3(C)C(CCC4[C@@]5(C)CC[C@H](OCOC(=O)C(C)(C)C)C(C)(C)C5CC[C@]43C)C12. The zero-order valence-corrected chi connectivity index (χ0v) is 27.5. The van der Waals surface area contributed by atoms with E-state index in [-0.39, 0.29) is 46.4 Å². The molecule has 5 nitrogen and oxygen atoms in total. The van der Waals surface area contributed by atoms with Gasteiger partial charge in [-0.15, -0.1) is 0 Å². The lowest BCUT2D eigenvalue weighted by molar-refractivity contribution is -0.257. The molecular weight excluding hydrogens is 512 g/mol. The molecule has 0 radical (unpaired) electrons.